The predicted molar refractivity (Wildman–Crippen MR) is 414 cm³/mol. The number of rotatable bonds is 81. The van der Waals surface area contributed by atoms with Gasteiger partial charge in [0.15, 0.2) is 12.2 Å². The molecule has 0 aromatic rings. The van der Waals surface area contributed by atoms with E-state index in [1.165, 1.54) is 244 Å². The predicted octanol–water partition coefficient (Wildman–Crippen LogP) is 24.7. The van der Waals surface area contributed by atoms with Gasteiger partial charge in [0.05, 0.1) is 26.4 Å². The lowest BCUT2D eigenvalue weighted by atomic mass is 9.99. The van der Waals surface area contributed by atoms with Crippen LogP contribution < -0.4 is 0 Å². The van der Waals surface area contributed by atoms with Crippen LogP contribution in [-0.4, -0.2) is 96.7 Å². The lowest BCUT2D eigenvalue weighted by Crippen LogP contribution is -2.30. The van der Waals surface area contributed by atoms with Gasteiger partial charge in [0.2, 0.25) is 0 Å². The Morgan fingerprint density at radius 1 is 0.287 bits per heavy atom. The first-order chi connectivity index (χ1) is 48.9. The van der Waals surface area contributed by atoms with Gasteiger partial charge >= 0.3 is 39.5 Å². The van der Waals surface area contributed by atoms with E-state index in [0.29, 0.717) is 31.6 Å². The lowest BCUT2D eigenvalue weighted by Gasteiger charge is -2.21. The number of aliphatic hydroxyl groups is 1. The minimum Gasteiger partial charge on any atom is -0.462 e. The van der Waals surface area contributed by atoms with Gasteiger partial charge in [-0.05, 0) is 37.5 Å². The molecule has 17 nitrogen and oxygen atoms in total. The largest absolute Gasteiger partial charge is 0.472 e. The van der Waals surface area contributed by atoms with Gasteiger partial charge in [-0.2, -0.15) is 0 Å². The van der Waals surface area contributed by atoms with Crippen LogP contribution in [0, 0.1) is 11.8 Å². The first kappa shape index (κ1) is 99.1. The second kappa shape index (κ2) is 73.6. The van der Waals surface area contributed by atoms with Crippen molar-refractivity contribution in [2.45, 2.75) is 452 Å². The first-order valence-corrected chi connectivity index (χ1v) is 45.5. The number of hydrogen-bond donors (Lipinski definition) is 3. The summed E-state index contributed by atoms with van der Waals surface area (Å²) >= 11 is 0. The van der Waals surface area contributed by atoms with Gasteiger partial charge in [-0.3, -0.25) is 37.3 Å². The van der Waals surface area contributed by atoms with Gasteiger partial charge in [-0.1, -0.05) is 382 Å². The van der Waals surface area contributed by atoms with E-state index in [1.54, 1.807) is 0 Å². The van der Waals surface area contributed by atoms with Crippen molar-refractivity contribution in [1.82, 2.24) is 0 Å². The highest BCUT2D eigenvalue weighted by atomic mass is 31.2. The molecule has 0 aliphatic heterocycles. The molecule has 3 unspecified atom stereocenters. The van der Waals surface area contributed by atoms with E-state index in [9.17, 15) is 43.2 Å². The van der Waals surface area contributed by atoms with E-state index < -0.39 is 97.5 Å². The SMILES string of the molecule is CCCCCCCCCCCCCCCCCCCCCCCCC(=O)O[C@H](COC(=O)CCCCCCCCCCCCCCCCCCC)COP(=O)(O)OC[C@@H](O)COP(=O)(O)OC[C@@H](COC(=O)CCCCCCCCCC(C)C)OC(=O)CCCCCCCCCCC(C)CC. The number of carbonyl (C=O) groups is 4. The molecule has 0 heterocycles. The van der Waals surface area contributed by atoms with Crippen LogP contribution in [0.2, 0.25) is 0 Å². The third-order valence-corrected chi connectivity index (χ3v) is 21.5. The van der Waals surface area contributed by atoms with Crippen LogP contribution in [0.4, 0.5) is 0 Å². The Kier molecular flexibility index (Phi) is 72.2. The molecule has 0 spiro atoms. The van der Waals surface area contributed by atoms with E-state index in [2.05, 4.69) is 41.5 Å². The molecule has 6 atom stereocenters. The van der Waals surface area contributed by atoms with Crippen molar-refractivity contribution in [3.8, 4) is 0 Å². The summed E-state index contributed by atoms with van der Waals surface area (Å²) in [5.74, 6) is -0.637. The van der Waals surface area contributed by atoms with E-state index in [4.69, 9.17) is 37.0 Å². The van der Waals surface area contributed by atoms with Crippen LogP contribution in [0.5, 0.6) is 0 Å². The summed E-state index contributed by atoms with van der Waals surface area (Å²) < 4.78 is 68.7. The Labute approximate surface area is 619 Å². The van der Waals surface area contributed by atoms with E-state index >= 15 is 0 Å². The maximum absolute atomic E-state index is 13.1. The monoisotopic (exact) mass is 1480 g/mol. The summed E-state index contributed by atoms with van der Waals surface area (Å²) in [6.07, 6.45) is 64.1. The van der Waals surface area contributed by atoms with E-state index in [0.717, 1.165) is 102 Å². The normalized spacial score (nSPS) is 14.2. The van der Waals surface area contributed by atoms with Crippen LogP contribution in [0.3, 0.4) is 0 Å². The molecular formula is C82H160O17P2. The van der Waals surface area contributed by atoms with E-state index in [1.807, 2.05) is 0 Å². The number of unbranched alkanes of at least 4 members (excludes halogenated alkanes) is 50. The summed E-state index contributed by atoms with van der Waals surface area (Å²) in [5.41, 5.74) is 0. The Morgan fingerprint density at radius 2 is 0.505 bits per heavy atom. The fourth-order valence-corrected chi connectivity index (χ4v) is 14.3. The van der Waals surface area contributed by atoms with Crippen LogP contribution in [0.1, 0.15) is 433 Å². The average Bonchev–Trinajstić information content (AvgIpc) is 0.951. The first-order valence-electron chi connectivity index (χ1n) is 42.5. The lowest BCUT2D eigenvalue weighted by molar-refractivity contribution is -0.161. The fraction of sp³-hybridized carbons (Fsp3) is 0.951. The Bertz CT molecular complexity index is 1940. The molecule has 0 radical (unpaired) electrons. The molecule has 0 aromatic carbocycles. The molecule has 0 fully saturated rings. The molecule has 0 saturated heterocycles. The van der Waals surface area contributed by atoms with Gasteiger partial charge in [-0.15, -0.1) is 0 Å². The number of carbonyl (C=O) groups excluding carboxylic acids is 4. The zero-order valence-electron chi connectivity index (χ0n) is 66.2. The van der Waals surface area contributed by atoms with Crippen molar-refractivity contribution in [1.29, 1.82) is 0 Å². The molecule has 0 rings (SSSR count). The number of phosphoric acid groups is 2. The summed E-state index contributed by atoms with van der Waals surface area (Å²) in [4.78, 5) is 73.0. The van der Waals surface area contributed by atoms with Gasteiger partial charge < -0.3 is 33.8 Å². The fourth-order valence-electron chi connectivity index (χ4n) is 12.7. The second-order valence-electron chi connectivity index (χ2n) is 30.2. The Balaban J connectivity index is 5.21. The Hall–Kier alpha value is -1.94. The number of ether oxygens (including phenoxy) is 4. The van der Waals surface area contributed by atoms with Crippen molar-refractivity contribution >= 4 is 39.5 Å². The maximum atomic E-state index is 13.1. The molecule has 600 valence electrons. The van der Waals surface area contributed by atoms with Crippen LogP contribution in [-0.2, 0) is 65.4 Å². The topological polar surface area (TPSA) is 237 Å². The quantitative estimate of drug-likeness (QED) is 0.0222. The van der Waals surface area contributed by atoms with Crippen LogP contribution in [0.15, 0.2) is 0 Å². The van der Waals surface area contributed by atoms with Crippen molar-refractivity contribution < 1.29 is 80.2 Å². The summed E-state index contributed by atoms with van der Waals surface area (Å²) in [5, 5.41) is 10.6. The summed E-state index contributed by atoms with van der Waals surface area (Å²) in [6.45, 7) is 9.57. The van der Waals surface area contributed by atoms with Crippen LogP contribution >= 0.6 is 15.6 Å². The number of phosphoric ester groups is 2. The Morgan fingerprint density at radius 3 is 0.752 bits per heavy atom. The average molecular weight is 1480 g/mol. The molecule has 0 amide bonds. The molecule has 19 heteroatoms. The third kappa shape index (κ3) is 74.7. The van der Waals surface area contributed by atoms with Crippen molar-refractivity contribution in [3.63, 3.8) is 0 Å². The highest BCUT2D eigenvalue weighted by Crippen LogP contribution is 2.45. The molecule has 0 bridgehead atoms. The van der Waals surface area contributed by atoms with Crippen molar-refractivity contribution in [2.75, 3.05) is 39.6 Å². The summed E-state index contributed by atoms with van der Waals surface area (Å²) in [6, 6.07) is 0. The molecular weight excluding hydrogens is 1320 g/mol. The number of esters is 4. The molecule has 0 aromatic heterocycles. The van der Waals surface area contributed by atoms with E-state index in [-0.39, 0.29) is 25.7 Å². The van der Waals surface area contributed by atoms with Crippen molar-refractivity contribution in [2.24, 2.45) is 11.8 Å². The molecule has 0 aliphatic carbocycles. The second-order valence-corrected chi connectivity index (χ2v) is 33.1. The van der Waals surface area contributed by atoms with Gasteiger partial charge in [-0.25, -0.2) is 9.13 Å². The summed E-state index contributed by atoms with van der Waals surface area (Å²) in [7, 11) is -9.92. The van der Waals surface area contributed by atoms with Gasteiger partial charge in [0.25, 0.3) is 0 Å². The standard InChI is InChI=1S/C82H160O17P2/c1-7-10-12-14-16-18-20-22-24-26-27-28-29-30-32-34-36-38-40-47-54-60-66-81(86)98-77(70-92-79(84)64-58-52-46-39-37-35-33-31-25-23-21-19-17-15-13-11-8-2)72-96-100(88,89)94-68-76(83)69-95-101(90,91)97-73-78(71-93-80(85)65-59-53-49-43-44-50-56-62-74(4)5)99-82(87)67-61-55-48-42-41-45-51-57-63-75(6)9-3/h74-78,83H,7-73H2,1-6H3,(H,88,89)(H,90,91)/t75?,76-,77-,78-/m1/s1. The smallest absolute Gasteiger partial charge is 0.462 e. The minimum absolute atomic E-state index is 0.105. The zero-order chi connectivity index (χ0) is 74.2. The zero-order valence-corrected chi connectivity index (χ0v) is 68.0. The molecule has 0 aliphatic rings. The molecule has 101 heavy (non-hydrogen) atoms. The van der Waals surface area contributed by atoms with Gasteiger partial charge in [0.1, 0.15) is 19.3 Å². The molecule has 3 N–H and O–H groups in total. The third-order valence-electron chi connectivity index (χ3n) is 19.6. The minimum atomic E-state index is -4.96. The highest BCUT2D eigenvalue weighted by Gasteiger charge is 2.30. The highest BCUT2D eigenvalue weighted by molar-refractivity contribution is 7.47. The maximum Gasteiger partial charge on any atom is 0.472 e. The molecule has 0 saturated carbocycles. The van der Waals surface area contributed by atoms with Crippen molar-refractivity contribution in [3.05, 3.63) is 0 Å². The van der Waals surface area contributed by atoms with Crippen LogP contribution in [0.25, 0.3) is 0 Å². The number of hydrogen-bond acceptors (Lipinski definition) is 15. The number of aliphatic hydroxyl groups excluding tert-OH is 1. The van der Waals surface area contributed by atoms with Gasteiger partial charge in [0, 0.05) is 25.7 Å².